The summed E-state index contributed by atoms with van der Waals surface area (Å²) in [6.45, 7) is 3.01. The Labute approximate surface area is 165 Å². The average molecular weight is 389 g/mol. The maximum absolute atomic E-state index is 13.7. The van der Waals surface area contributed by atoms with E-state index in [4.69, 9.17) is 14.2 Å². The summed E-state index contributed by atoms with van der Waals surface area (Å²) in [6, 6.07) is 12.1. The molecular formula is C21H28FN3O3. The van der Waals surface area contributed by atoms with E-state index in [0.29, 0.717) is 19.0 Å². The number of nitrogens with one attached hydrogen (secondary N) is 2. The summed E-state index contributed by atoms with van der Waals surface area (Å²) in [5.41, 5.74) is 1.04. The Bertz CT molecular complexity index is 783. The summed E-state index contributed by atoms with van der Waals surface area (Å²) in [5.74, 6) is 2.12. The van der Waals surface area contributed by atoms with Gasteiger partial charge in [0.2, 0.25) is 0 Å². The third kappa shape index (κ3) is 6.33. The average Bonchev–Trinajstić information content (AvgIpc) is 2.72. The van der Waals surface area contributed by atoms with Gasteiger partial charge in [0.05, 0.1) is 20.8 Å². The third-order valence-corrected chi connectivity index (χ3v) is 4.12. The van der Waals surface area contributed by atoms with Crippen LogP contribution in [0.1, 0.15) is 12.5 Å². The van der Waals surface area contributed by atoms with Gasteiger partial charge < -0.3 is 24.8 Å². The summed E-state index contributed by atoms with van der Waals surface area (Å²) in [4.78, 5) is 4.20. The van der Waals surface area contributed by atoms with E-state index in [9.17, 15) is 4.39 Å². The van der Waals surface area contributed by atoms with Crippen molar-refractivity contribution in [3.8, 4) is 17.2 Å². The van der Waals surface area contributed by atoms with Gasteiger partial charge in [-0.15, -0.1) is 0 Å². The molecule has 1 unspecified atom stereocenters. The molecule has 2 N–H and O–H groups in total. The molecule has 28 heavy (non-hydrogen) atoms. The lowest BCUT2D eigenvalue weighted by Crippen LogP contribution is -2.42. The second-order valence-corrected chi connectivity index (χ2v) is 6.17. The number of nitrogens with zero attached hydrogens (tertiary/aromatic N) is 1. The van der Waals surface area contributed by atoms with Crippen LogP contribution in [0.2, 0.25) is 0 Å². The molecule has 152 valence electrons. The van der Waals surface area contributed by atoms with Crippen LogP contribution in [0, 0.1) is 5.82 Å². The normalized spacial score (nSPS) is 12.2. The van der Waals surface area contributed by atoms with Crippen molar-refractivity contribution in [3.05, 3.63) is 53.8 Å². The fraction of sp³-hybridized carbons (Fsp3) is 0.381. The Balaban J connectivity index is 1.81. The Hall–Kier alpha value is -2.96. The smallest absolute Gasteiger partial charge is 0.191 e. The largest absolute Gasteiger partial charge is 0.497 e. The van der Waals surface area contributed by atoms with E-state index < -0.39 is 0 Å². The summed E-state index contributed by atoms with van der Waals surface area (Å²) >= 11 is 0. The second-order valence-electron chi connectivity index (χ2n) is 6.17. The lowest BCUT2D eigenvalue weighted by Gasteiger charge is -2.18. The highest BCUT2D eigenvalue weighted by Gasteiger charge is 2.09. The number of benzene rings is 2. The Morgan fingerprint density at radius 3 is 2.54 bits per heavy atom. The van der Waals surface area contributed by atoms with Gasteiger partial charge in [-0.25, -0.2) is 4.39 Å². The van der Waals surface area contributed by atoms with Gasteiger partial charge in [0.25, 0.3) is 0 Å². The first kappa shape index (κ1) is 21.3. The number of rotatable bonds is 9. The zero-order valence-electron chi connectivity index (χ0n) is 16.8. The first-order valence-corrected chi connectivity index (χ1v) is 9.14. The molecule has 0 saturated heterocycles. The van der Waals surface area contributed by atoms with Crippen LogP contribution in [0.25, 0.3) is 0 Å². The van der Waals surface area contributed by atoms with E-state index in [1.165, 1.54) is 6.07 Å². The van der Waals surface area contributed by atoms with Gasteiger partial charge in [0.1, 0.15) is 17.6 Å². The van der Waals surface area contributed by atoms with Gasteiger partial charge in [0, 0.05) is 13.6 Å². The van der Waals surface area contributed by atoms with Crippen LogP contribution in [0.3, 0.4) is 0 Å². The highest BCUT2D eigenvalue weighted by atomic mass is 19.1. The van der Waals surface area contributed by atoms with E-state index in [0.717, 1.165) is 23.5 Å². The van der Waals surface area contributed by atoms with Crippen LogP contribution < -0.4 is 24.8 Å². The van der Waals surface area contributed by atoms with Gasteiger partial charge in [-0.3, -0.25) is 4.99 Å². The van der Waals surface area contributed by atoms with Crippen molar-refractivity contribution >= 4 is 5.96 Å². The number of halogens is 1. The zero-order valence-corrected chi connectivity index (χ0v) is 16.8. The Morgan fingerprint density at radius 2 is 1.86 bits per heavy atom. The number of hydrogen-bond donors (Lipinski definition) is 2. The maximum atomic E-state index is 13.7. The zero-order chi connectivity index (χ0) is 20.4. The number of guanidine groups is 1. The molecule has 0 saturated carbocycles. The predicted octanol–water partition coefficient (Wildman–Crippen LogP) is 3.02. The molecule has 0 heterocycles. The lowest BCUT2D eigenvalue weighted by molar-refractivity contribution is 0.214. The van der Waals surface area contributed by atoms with Crippen molar-refractivity contribution in [1.82, 2.24) is 10.6 Å². The molecule has 0 aromatic heterocycles. The van der Waals surface area contributed by atoms with Gasteiger partial charge in [-0.1, -0.05) is 12.1 Å². The van der Waals surface area contributed by atoms with E-state index in [-0.39, 0.29) is 17.7 Å². The molecule has 0 aliphatic rings. The molecule has 7 heteroatoms. The first-order chi connectivity index (χ1) is 13.6. The van der Waals surface area contributed by atoms with Gasteiger partial charge in [-0.2, -0.15) is 0 Å². The number of hydrogen-bond acceptors (Lipinski definition) is 4. The Kier molecular flexibility index (Phi) is 8.39. The van der Waals surface area contributed by atoms with Crippen LogP contribution in [0.5, 0.6) is 17.2 Å². The van der Waals surface area contributed by atoms with Crippen LogP contribution in [0.4, 0.5) is 4.39 Å². The number of aliphatic imine (C=N–C) groups is 1. The highest BCUT2D eigenvalue weighted by molar-refractivity contribution is 5.79. The van der Waals surface area contributed by atoms with Crippen molar-refractivity contribution in [2.24, 2.45) is 4.99 Å². The molecule has 0 fully saturated rings. The summed E-state index contributed by atoms with van der Waals surface area (Å²) in [6.07, 6.45) is 0.511. The number of para-hydroxylation sites is 1. The van der Waals surface area contributed by atoms with Crippen molar-refractivity contribution in [2.45, 2.75) is 19.4 Å². The van der Waals surface area contributed by atoms with Crippen molar-refractivity contribution < 1.29 is 18.6 Å². The molecule has 2 rings (SSSR count). The van der Waals surface area contributed by atoms with E-state index in [1.54, 1.807) is 39.5 Å². The molecule has 6 nitrogen and oxygen atoms in total. The molecule has 0 amide bonds. The highest BCUT2D eigenvalue weighted by Crippen LogP contribution is 2.24. The predicted molar refractivity (Wildman–Crippen MR) is 109 cm³/mol. The first-order valence-electron chi connectivity index (χ1n) is 9.14. The second kappa shape index (κ2) is 11.0. The molecule has 0 radical (unpaired) electrons. The minimum atomic E-state index is -0.371. The quantitative estimate of drug-likeness (QED) is 0.510. The van der Waals surface area contributed by atoms with Gasteiger partial charge in [0.15, 0.2) is 17.5 Å². The summed E-state index contributed by atoms with van der Waals surface area (Å²) in [5, 5.41) is 6.43. The third-order valence-electron chi connectivity index (χ3n) is 4.12. The topological polar surface area (TPSA) is 64.1 Å². The van der Waals surface area contributed by atoms with Crippen molar-refractivity contribution in [1.29, 1.82) is 0 Å². The van der Waals surface area contributed by atoms with Crippen LogP contribution in [-0.2, 0) is 6.42 Å². The van der Waals surface area contributed by atoms with Crippen LogP contribution in [0.15, 0.2) is 47.5 Å². The molecule has 0 bridgehead atoms. The minimum absolute atomic E-state index is 0.228. The molecule has 2 aromatic carbocycles. The monoisotopic (exact) mass is 389 g/mol. The molecular weight excluding hydrogens is 361 g/mol. The van der Waals surface area contributed by atoms with Gasteiger partial charge >= 0.3 is 0 Å². The van der Waals surface area contributed by atoms with Crippen LogP contribution >= 0.6 is 0 Å². The van der Waals surface area contributed by atoms with Gasteiger partial charge in [-0.05, 0) is 49.2 Å². The number of ether oxygens (including phenoxy) is 3. The fourth-order valence-corrected chi connectivity index (χ4v) is 2.65. The fourth-order valence-electron chi connectivity index (χ4n) is 2.65. The van der Waals surface area contributed by atoms with E-state index >= 15 is 0 Å². The summed E-state index contributed by atoms with van der Waals surface area (Å²) in [7, 11) is 4.99. The SMILES string of the molecule is CN=C(NCCc1cc(OC)ccc1OC)NCC(C)Oc1ccccc1F. The summed E-state index contributed by atoms with van der Waals surface area (Å²) < 4.78 is 29.9. The molecule has 2 aromatic rings. The number of methoxy groups -OCH3 is 2. The maximum Gasteiger partial charge on any atom is 0.191 e. The lowest BCUT2D eigenvalue weighted by atomic mass is 10.1. The Morgan fingerprint density at radius 1 is 1.07 bits per heavy atom. The molecule has 0 spiro atoms. The minimum Gasteiger partial charge on any atom is -0.497 e. The van der Waals surface area contributed by atoms with E-state index in [2.05, 4.69) is 15.6 Å². The van der Waals surface area contributed by atoms with Crippen molar-refractivity contribution in [3.63, 3.8) is 0 Å². The van der Waals surface area contributed by atoms with E-state index in [1.807, 2.05) is 25.1 Å². The molecule has 0 aliphatic carbocycles. The van der Waals surface area contributed by atoms with Crippen LogP contribution in [-0.4, -0.2) is 46.4 Å². The van der Waals surface area contributed by atoms with Crippen molar-refractivity contribution in [2.75, 3.05) is 34.4 Å². The standard InChI is InChI=1S/C21H28FN3O3/c1-15(28-20-8-6-5-7-18(20)22)14-25-21(23-2)24-12-11-16-13-17(26-3)9-10-19(16)27-4/h5-10,13,15H,11-12,14H2,1-4H3,(H2,23,24,25). The molecule has 1 atom stereocenters. The molecule has 0 aliphatic heterocycles.